The summed E-state index contributed by atoms with van der Waals surface area (Å²) in [6.07, 6.45) is 9.68. The number of hydrogen-bond donors (Lipinski definition) is 2. The Morgan fingerprint density at radius 1 is 1.35 bits per heavy atom. The number of ether oxygens (including phenoxy) is 1. The van der Waals surface area contributed by atoms with Crippen LogP contribution in [-0.2, 0) is 9.53 Å². The second-order valence-corrected chi connectivity index (χ2v) is 6.76. The standard InChI is InChI=1S/C16H30N2O2/c1-13-5-4-9-16(11-13,12-17)18-15(19)8-7-14-6-2-3-10-20-14/h13-14H,2-12,17H2,1H3,(H,18,19). The average molecular weight is 282 g/mol. The summed E-state index contributed by atoms with van der Waals surface area (Å²) in [5, 5.41) is 3.23. The summed E-state index contributed by atoms with van der Waals surface area (Å²) in [6, 6.07) is 0. The normalized spacial score (nSPS) is 34.7. The molecular weight excluding hydrogens is 252 g/mol. The highest BCUT2D eigenvalue weighted by atomic mass is 16.5. The lowest BCUT2D eigenvalue weighted by molar-refractivity contribution is -0.124. The molecule has 3 N–H and O–H groups in total. The van der Waals surface area contributed by atoms with E-state index in [-0.39, 0.29) is 17.6 Å². The molecule has 1 saturated carbocycles. The van der Waals surface area contributed by atoms with Gasteiger partial charge in [-0.1, -0.05) is 19.8 Å². The minimum atomic E-state index is -0.151. The Morgan fingerprint density at radius 2 is 2.20 bits per heavy atom. The van der Waals surface area contributed by atoms with Crippen LogP contribution in [0.2, 0.25) is 0 Å². The van der Waals surface area contributed by atoms with Gasteiger partial charge in [-0.3, -0.25) is 4.79 Å². The van der Waals surface area contributed by atoms with E-state index in [9.17, 15) is 4.79 Å². The van der Waals surface area contributed by atoms with E-state index in [2.05, 4.69) is 12.2 Å². The van der Waals surface area contributed by atoms with E-state index in [1.54, 1.807) is 0 Å². The highest BCUT2D eigenvalue weighted by Crippen LogP contribution is 2.31. The fourth-order valence-corrected chi connectivity index (χ4v) is 3.70. The molecule has 4 nitrogen and oxygen atoms in total. The van der Waals surface area contributed by atoms with Gasteiger partial charge in [-0.05, 0) is 44.4 Å². The summed E-state index contributed by atoms with van der Waals surface area (Å²) in [5.41, 5.74) is 5.80. The molecule has 2 fully saturated rings. The first kappa shape index (κ1) is 15.8. The molecule has 1 aliphatic carbocycles. The van der Waals surface area contributed by atoms with Crippen LogP contribution in [0.4, 0.5) is 0 Å². The zero-order valence-electron chi connectivity index (χ0n) is 12.8. The summed E-state index contributed by atoms with van der Waals surface area (Å²) < 4.78 is 5.68. The molecule has 1 heterocycles. The first-order valence-electron chi connectivity index (χ1n) is 8.26. The van der Waals surface area contributed by atoms with Gasteiger partial charge in [0.2, 0.25) is 5.91 Å². The molecule has 0 bridgehead atoms. The first-order valence-corrected chi connectivity index (χ1v) is 8.26. The molecule has 4 heteroatoms. The van der Waals surface area contributed by atoms with Gasteiger partial charge in [0.25, 0.3) is 0 Å². The van der Waals surface area contributed by atoms with Crippen LogP contribution in [0.15, 0.2) is 0 Å². The molecule has 3 unspecified atom stereocenters. The Kier molecular flexibility index (Phi) is 5.85. The van der Waals surface area contributed by atoms with Crippen molar-refractivity contribution in [3.63, 3.8) is 0 Å². The molecule has 2 rings (SSSR count). The number of rotatable bonds is 5. The van der Waals surface area contributed by atoms with Crippen LogP contribution < -0.4 is 11.1 Å². The van der Waals surface area contributed by atoms with Crippen LogP contribution in [0.1, 0.15) is 64.7 Å². The summed E-state index contributed by atoms with van der Waals surface area (Å²) in [7, 11) is 0. The number of nitrogens with two attached hydrogens (primary N) is 1. The molecule has 116 valence electrons. The molecule has 1 aliphatic heterocycles. The third-order valence-corrected chi connectivity index (χ3v) is 4.85. The van der Waals surface area contributed by atoms with Crippen LogP contribution in [-0.4, -0.2) is 30.7 Å². The number of carbonyl (C=O) groups is 1. The van der Waals surface area contributed by atoms with E-state index >= 15 is 0 Å². The minimum Gasteiger partial charge on any atom is -0.378 e. The van der Waals surface area contributed by atoms with Crippen molar-refractivity contribution in [2.75, 3.05) is 13.2 Å². The first-order chi connectivity index (χ1) is 9.63. The molecule has 1 amide bonds. The molecule has 1 saturated heterocycles. The molecule has 3 atom stereocenters. The molecule has 0 aromatic rings. The highest BCUT2D eigenvalue weighted by molar-refractivity contribution is 5.76. The molecular formula is C16H30N2O2. The topological polar surface area (TPSA) is 64.3 Å². The van der Waals surface area contributed by atoms with E-state index in [1.165, 1.54) is 19.3 Å². The van der Waals surface area contributed by atoms with E-state index in [4.69, 9.17) is 10.5 Å². The van der Waals surface area contributed by atoms with Crippen molar-refractivity contribution in [2.45, 2.75) is 76.4 Å². The Hall–Kier alpha value is -0.610. The molecule has 0 aromatic heterocycles. The molecule has 0 aromatic carbocycles. The van der Waals surface area contributed by atoms with Gasteiger partial charge in [-0.25, -0.2) is 0 Å². The lowest BCUT2D eigenvalue weighted by Crippen LogP contribution is -2.56. The second kappa shape index (κ2) is 7.41. The highest BCUT2D eigenvalue weighted by Gasteiger charge is 2.35. The Morgan fingerprint density at radius 3 is 2.85 bits per heavy atom. The molecule has 0 radical (unpaired) electrons. The maximum Gasteiger partial charge on any atom is 0.220 e. The van der Waals surface area contributed by atoms with Crippen molar-refractivity contribution in [1.29, 1.82) is 0 Å². The largest absolute Gasteiger partial charge is 0.378 e. The molecule has 2 aliphatic rings. The maximum absolute atomic E-state index is 12.2. The van der Waals surface area contributed by atoms with E-state index in [0.29, 0.717) is 18.9 Å². The Labute approximate surface area is 122 Å². The van der Waals surface area contributed by atoms with Gasteiger partial charge in [0.15, 0.2) is 0 Å². The number of nitrogens with one attached hydrogen (secondary N) is 1. The lowest BCUT2D eigenvalue weighted by Gasteiger charge is -2.40. The monoisotopic (exact) mass is 282 g/mol. The van der Waals surface area contributed by atoms with Crippen LogP contribution in [0, 0.1) is 5.92 Å². The number of carbonyl (C=O) groups excluding carboxylic acids is 1. The van der Waals surface area contributed by atoms with Crippen molar-refractivity contribution < 1.29 is 9.53 Å². The van der Waals surface area contributed by atoms with Crippen LogP contribution in [0.3, 0.4) is 0 Å². The van der Waals surface area contributed by atoms with Crippen molar-refractivity contribution in [2.24, 2.45) is 11.7 Å². The van der Waals surface area contributed by atoms with Crippen LogP contribution in [0.25, 0.3) is 0 Å². The summed E-state index contributed by atoms with van der Waals surface area (Å²) in [4.78, 5) is 12.2. The van der Waals surface area contributed by atoms with E-state index in [1.807, 2.05) is 0 Å². The zero-order chi connectivity index (χ0) is 14.4. The SMILES string of the molecule is CC1CCCC(CN)(NC(=O)CCC2CCCCO2)C1. The predicted molar refractivity (Wildman–Crippen MR) is 80.4 cm³/mol. The smallest absolute Gasteiger partial charge is 0.220 e. The number of hydrogen-bond acceptors (Lipinski definition) is 3. The Bertz CT molecular complexity index is 316. The second-order valence-electron chi connectivity index (χ2n) is 6.76. The van der Waals surface area contributed by atoms with E-state index in [0.717, 1.165) is 38.7 Å². The van der Waals surface area contributed by atoms with Crippen molar-refractivity contribution in [3.8, 4) is 0 Å². The third-order valence-electron chi connectivity index (χ3n) is 4.85. The zero-order valence-corrected chi connectivity index (χ0v) is 12.8. The van der Waals surface area contributed by atoms with Crippen LogP contribution in [0.5, 0.6) is 0 Å². The average Bonchev–Trinajstić information content (AvgIpc) is 2.46. The van der Waals surface area contributed by atoms with Gasteiger partial charge in [0, 0.05) is 19.6 Å². The van der Waals surface area contributed by atoms with Gasteiger partial charge in [0.1, 0.15) is 0 Å². The predicted octanol–water partition coefficient (Wildman–Crippen LogP) is 2.36. The van der Waals surface area contributed by atoms with Crippen molar-refractivity contribution >= 4 is 5.91 Å². The van der Waals surface area contributed by atoms with Gasteiger partial charge in [0.05, 0.1) is 11.6 Å². The van der Waals surface area contributed by atoms with E-state index < -0.39 is 0 Å². The molecule has 20 heavy (non-hydrogen) atoms. The lowest BCUT2D eigenvalue weighted by atomic mass is 9.76. The van der Waals surface area contributed by atoms with Gasteiger partial charge in [-0.15, -0.1) is 0 Å². The maximum atomic E-state index is 12.2. The van der Waals surface area contributed by atoms with Crippen molar-refractivity contribution in [3.05, 3.63) is 0 Å². The number of amides is 1. The molecule has 0 spiro atoms. The van der Waals surface area contributed by atoms with Gasteiger partial charge < -0.3 is 15.8 Å². The van der Waals surface area contributed by atoms with Crippen LogP contribution >= 0.6 is 0 Å². The Balaban J connectivity index is 1.76. The summed E-state index contributed by atoms with van der Waals surface area (Å²) in [6.45, 7) is 3.67. The summed E-state index contributed by atoms with van der Waals surface area (Å²) in [5.74, 6) is 0.813. The summed E-state index contributed by atoms with van der Waals surface area (Å²) >= 11 is 0. The third kappa shape index (κ3) is 4.45. The van der Waals surface area contributed by atoms with Crippen molar-refractivity contribution in [1.82, 2.24) is 5.32 Å². The fourth-order valence-electron chi connectivity index (χ4n) is 3.70. The van der Waals surface area contributed by atoms with Gasteiger partial charge >= 0.3 is 0 Å². The quantitative estimate of drug-likeness (QED) is 0.813. The fraction of sp³-hybridized carbons (Fsp3) is 0.938. The minimum absolute atomic E-state index is 0.151. The van der Waals surface area contributed by atoms with Gasteiger partial charge in [-0.2, -0.15) is 0 Å².